The Kier molecular flexibility index (Phi) is 9.36. The zero-order chi connectivity index (χ0) is 33.7. The molecule has 3 aliphatic heterocycles. The van der Waals surface area contributed by atoms with Gasteiger partial charge >= 0.3 is 0 Å². The van der Waals surface area contributed by atoms with Crippen LogP contribution in [0, 0.1) is 5.92 Å². The van der Waals surface area contributed by atoms with Crippen molar-refractivity contribution in [2.45, 2.75) is 75.1 Å². The lowest BCUT2D eigenvalue weighted by Gasteiger charge is -2.42. The molecule has 4 aliphatic rings. The van der Waals surface area contributed by atoms with Gasteiger partial charge in [0.1, 0.15) is 17.6 Å². The molecule has 0 saturated carbocycles. The minimum absolute atomic E-state index is 0.0894. The van der Waals surface area contributed by atoms with E-state index in [1.807, 2.05) is 17.0 Å². The van der Waals surface area contributed by atoms with E-state index in [-0.39, 0.29) is 29.3 Å². The van der Waals surface area contributed by atoms with Crippen molar-refractivity contribution in [3.05, 3.63) is 70.0 Å². The number of allylic oxidation sites excluding steroid dienone is 1. The average Bonchev–Trinajstić information content (AvgIpc) is 3.42. The number of sulfonamides is 1. The lowest BCUT2D eigenvalue weighted by Crippen LogP contribution is -2.53. The van der Waals surface area contributed by atoms with Gasteiger partial charge in [-0.2, -0.15) is 0 Å². The number of amides is 2. The number of hydrogen-bond donors (Lipinski definition) is 1. The highest BCUT2D eigenvalue weighted by atomic mass is 35.5. The Balaban J connectivity index is 1.49. The van der Waals surface area contributed by atoms with Crippen molar-refractivity contribution >= 4 is 39.1 Å². The van der Waals surface area contributed by atoms with Crippen molar-refractivity contribution in [1.82, 2.24) is 14.5 Å². The highest BCUT2D eigenvalue weighted by Gasteiger charge is 2.45. The molecule has 1 fully saturated rings. The fraction of sp³-hybridized carbons (Fsp3) is 0.543. The number of carbonyl (C=O) groups is 2. The quantitative estimate of drug-likeness (QED) is 0.447. The molecule has 3 heterocycles. The largest absolute Gasteiger partial charge is 0.490 e. The van der Waals surface area contributed by atoms with Gasteiger partial charge in [-0.25, -0.2) is 17.5 Å². The number of carbonyl (C=O) groups excluding carboxylic acids is 2. The van der Waals surface area contributed by atoms with Crippen LogP contribution in [0.1, 0.15) is 67.4 Å². The number of hydrogen-bond acceptors (Lipinski definition) is 7. The van der Waals surface area contributed by atoms with E-state index in [2.05, 4.69) is 15.7 Å². The summed E-state index contributed by atoms with van der Waals surface area (Å²) in [6.07, 6.45) is 5.75. The van der Waals surface area contributed by atoms with E-state index in [1.54, 1.807) is 39.2 Å². The van der Waals surface area contributed by atoms with Crippen molar-refractivity contribution in [2.75, 3.05) is 45.2 Å². The Labute approximate surface area is 282 Å². The molecule has 1 N–H and O–H groups in total. The zero-order valence-electron chi connectivity index (χ0n) is 27.5. The summed E-state index contributed by atoms with van der Waals surface area (Å²) in [4.78, 5) is 32.7. The molecule has 12 heteroatoms. The number of nitrogens with zero attached hydrogens (tertiary/aromatic N) is 3. The first kappa shape index (κ1) is 33.7. The molecule has 0 aromatic heterocycles. The van der Waals surface area contributed by atoms with Gasteiger partial charge in [-0.1, -0.05) is 30.7 Å². The van der Waals surface area contributed by atoms with Gasteiger partial charge in [-0.05, 0) is 99.4 Å². The van der Waals surface area contributed by atoms with Gasteiger partial charge in [0.15, 0.2) is 0 Å². The fourth-order valence-electron chi connectivity index (χ4n) is 7.76. The van der Waals surface area contributed by atoms with E-state index in [0.29, 0.717) is 42.7 Å². The summed E-state index contributed by atoms with van der Waals surface area (Å²) in [5, 5.41) is -0.308. The van der Waals surface area contributed by atoms with Crippen LogP contribution >= 0.6 is 11.6 Å². The maximum absolute atomic E-state index is 16.3. The second-order valence-corrected chi connectivity index (χ2v) is 16.4. The molecule has 47 heavy (non-hydrogen) atoms. The van der Waals surface area contributed by atoms with Gasteiger partial charge in [-0.3, -0.25) is 14.5 Å². The topological polar surface area (TPSA) is 99.3 Å². The predicted molar refractivity (Wildman–Crippen MR) is 181 cm³/mol. The first-order chi connectivity index (χ1) is 22.3. The van der Waals surface area contributed by atoms with Crippen LogP contribution in [0.15, 0.2) is 48.3 Å². The third-order valence-corrected chi connectivity index (χ3v) is 12.8. The number of rotatable bonds is 1. The molecule has 6 rings (SSSR count). The highest BCUT2D eigenvalue weighted by molar-refractivity contribution is 7.90. The van der Waals surface area contributed by atoms with Crippen molar-refractivity contribution < 1.29 is 27.1 Å². The summed E-state index contributed by atoms with van der Waals surface area (Å²) in [6.45, 7) is 5.18. The minimum Gasteiger partial charge on any atom is -0.490 e. The highest BCUT2D eigenvalue weighted by Crippen LogP contribution is 2.45. The second-order valence-electron chi connectivity index (χ2n) is 13.9. The smallest absolute Gasteiger partial charge is 0.264 e. The standard InChI is InChI=1S/C35H44ClFN4O5S/c1-22-9-13-29(37)32(34(43)39(3)4)41-16-6-8-27(41)19-40-20-35(15-5-7-24-17-26(36)11-12-28(24)35)21-46-31-14-10-25(18-30(31)40)33(42)38-47(44,45)23(22)2/h10-14,17-18,22-23,27,32H,5-9,15-16,19-21H2,1-4H3,(H,38,42)/b29-13-/t22-,23+,27-,32+,35-/m0/s1. The molecular formula is C35H44ClFN4O5S. The van der Waals surface area contributed by atoms with Crippen LogP contribution in [-0.2, 0) is 26.7 Å². The van der Waals surface area contributed by atoms with Crippen LogP contribution in [0.2, 0.25) is 5.02 Å². The Hall–Kier alpha value is -3.15. The van der Waals surface area contributed by atoms with Crippen LogP contribution in [0.5, 0.6) is 5.75 Å². The molecular weight excluding hydrogens is 643 g/mol. The van der Waals surface area contributed by atoms with Gasteiger partial charge in [0.25, 0.3) is 5.91 Å². The first-order valence-corrected chi connectivity index (χ1v) is 18.4. The van der Waals surface area contributed by atoms with Gasteiger partial charge in [0.2, 0.25) is 15.9 Å². The van der Waals surface area contributed by atoms with Gasteiger partial charge in [-0.15, -0.1) is 0 Å². The van der Waals surface area contributed by atoms with E-state index in [9.17, 15) is 18.0 Å². The molecule has 1 spiro atoms. The predicted octanol–water partition coefficient (Wildman–Crippen LogP) is 5.08. The van der Waals surface area contributed by atoms with Crippen LogP contribution < -0.4 is 14.4 Å². The molecule has 2 aromatic rings. The SMILES string of the molecule is C[C@@H]1[C@@H](C)C/C=C(\F)[C@H](C(=O)N(C)C)N2CCC[C@H]2CN2C[C@@]3(CCCc4cc(Cl)ccc43)COc3ccc(cc32)C(=O)NS1(=O)=O. The molecule has 0 radical (unpaired) electrons. The normalized spacial score (nSPS) is 30.6. The molecule has 2 amide bonds. The third-order valence-electron chi connectivity index (χ3n) is 10.6. The second kappa shape index (κ2) is 13.0. The summed E-state index contributed by atoms with van der Waals surface area (Å²) in [5.74, 6) is -1.61. The minimum atomic E-state index is -4.10. The molecule has 9 nitrogen and oxygen atoms in total. The number of ether oxygens (including phenoxy) is 1. The lowest BCUT2D eigenvalue weighted by molar-refractivity contribution is -0.134. The summed E-state index contributed by atoms with van der Waals surface area (Å²) in [6, 6.07) is 9.77. The number of fused-ring (bicyclic) bond motifs is 4. The molecule has 1 saturated heterocycles. The maximum Gasteiger partial charge on any atom is 0.264 e. The Morgan fingerprint density at radius 2 is 1.94 bits per heavy atom. The number of benzene rings is 2. The number of halogens is 2. The van der Waals surface area contributed by atoms with E-state index in [1.165, 1.54) is 29.0 Å². The Bertz CT molecular complexity index is 1700. The van der Waals surface area contributed by atoms with Crippen molar-refractivity contribution in [2.24, 2.45) is 5.92 Å². The van der Waals surface area contributed by atoms with Crippen LogP contribution in [0.3, 0.4) is 0 Å². The van der Waals surface area contributed by atoms with Crippen molar-refractivity contribution in [3.8, 4) is 5.75 Å². The first-order valence-electron chi connectivity index (χ1n) is 16.5. The summed E-state index contributed by atoms with van der Waals surface area (Å²) >= 11 is 6.41. The van der Waals surface area contributed by atoms with Crippen molar-refractivity contribution in [3.63, 3.8) is 0 Å². The molecule has 2 bridgehead atoms. The summed E-state index contributed by atoms with van der Waals surface area (Å²) in [5.41, 5.74) is 2.85. The summed E-state index contributed by atoms with van der Waals surface area (Å²) in [7, 11) is -0.854. The van der Waals surface area contributed by atoms with Crippen LogP contribution in [0.25, 0.3) is 0 Å². The number of likely N-dealkylation sites (N-methyl/N-ethyl adjacent to an activating group) is 1. The molecule has 1 aliphatic carbocycles. The molecule has 5 atom stereocenters. The van der Waals surface area contributed by atoms with E-state index in [0.717, 1.165) is 32.1 Å². The van der Waals surface area contributed by atoms with E-state index < -0.39 is 39.0 Å². The van der Waals surface area contributed by atoms with Crippen molar-refractivity contribution in [1.29, 1.82) is 0 Å². The fourth-order valence-corrected chi connectivity index (χ4v) is 9.23. The van der Waals surface area contributed by atoms with Crippen LogP contribution in [-0.4, -0.2) is 87.7 Å². The Morgan fingerprint density at radius 3 is 2.70 bits per heavy atom. The number of nitrogens with one attached hydrogen (secondary N) is 1. The van der Waals surface area contributed by atoms with Crippen LogP contribution in [0.4, 0.5) is 10.1 Å². The van der Waals surface area contributed by atoms with E-state index >= 15 is 4.39 Å². The maximum atomic E-state index is 16.3. The molecule has 2 aromatic carbocycles. The zero-order valence-corrected chi connectivity index (χ0v) is 29.0. The number of anilines is 1. The van der Waals surface area contributed by atoms with Gasteiger partial charge in [0.05, 0.1) is 17.5 Å². The average molecular weight is 687 g/mol. The molecule has 0 unspecified atom stereocenters. The molecule has 254 valence electrons. The monoisotopic (exact) mass is 686 g/mol. The number of aryl methyl sites for hydroxylation is 1. The lowest BCUT2D eigenvalue weighted by atomic mass is 9.70. The summed E-state index contributed by atoms with van der Waals surface area (Å²) < 4.78 is 51.7. The Morgan fingerprint density at radius 1 is 1.15 bits per heavy atom. The van der Waals surface area contributed by atoms with Gasteiger partial charge in [0, 0.05) is 49.2 Å². The van der Waals surface area contributed by atoms with E-state index in [4.69, 9.17) is 16.3 Å². The third kappa shape index (κ3) is 6.50. The van der Waals surface area contributed by atoms with Gasteiger partial charge < -0.3 is 14.5 Å².